The topological polar surface area (TPSA) is 80.7 Å². The lowest BCUT2D eigenvalue weighted by Crippen LogP contribution is -2.08. The van der Waals surface area contributed by atoms with E-state index >= 15 is 0 Å². The minimum absolute atomic E-state index is 0.0372. The van der Waals surface area contributed by atoms with Crippen LogP contribution in [-0.2, 0) is 22.4 Å². The molecule has 0 bridgehead atoms. The molecule has 0 fully saturated rings. The molecule has 0 saturated heterocycles. The number of carbonyl (C=O) groups excluding carboxylic acids is 2. The number of Topliss-reactive ketones (excluding diaryl/α,β-unsaturated/α-hetero) is 1. The number of thiophene rings is 2. The maximum atomic E-state index is 13.3. The molecule has 2 heterocycles. The number of benzene rings is 2. The number of esters is 1. The van der Waals surface area contributed by atoms with E-state index < -0.39 is 52.1 Å². The number of rotatable bonds is 6. The molecule has 0 aliphatic heterocycles. The highest BCUT2D eigenvalue weighted by Gasteiger charge is 2.18. The molecule has 1 N–H and O–H groups in total. The van der Waals surface area contributed by atoms with Gasteiger partial charge in [0.15, 0.2) is 5.78 Å². The molecular weight excluding hydrogens is 532 g/mol. The first-order chi connectivity index (χ1) is 17.6. The van der Waals surface area contributed by atoms with Gasteiger partial charge in [0.2, 0.25) is 0 Å². The monoisotopic (exact) mass is 552 g/mol. The molecule has 0 radical (unpaired) electrons. The fourth-order valence-electron chi connectivity index (χ4n) is 2.78. The van der Waals surface area contributed by atoms with E-state index in [0.717, 1.165) is 41.1 Å². The van der Waals surface area contributed by atoms with Crippen LogP contribution >= 0.6 is 22.7 Å². The molecule has 0 spiro atoms. The number of carbonyl (C=O) groups is 3. The third kappa shape index (κ3) is 9.28. The molecule has 0 amide bonds. The smallest absolute Gasteiger partial charge is 0.343 e. The van der Waals surface area contributed by atoms with Crippen LogP contribution in [0.3, 0.4) is 0 Å². The Labute approximate surface area is 217 Å². The molecule has 0 unspecified atom stereocenters. The van der Waals surface area contributed by atoms with Crippen LogP contribution in [0.1, 0.15) is 30.5 Å². The Morgan fingerprint density at radius 3 is 1.51 bits per heavy atom. The van der Waals surface area contributed by atoms with Gasteiger partial charge in [-0.05, 0) is 47.2 Å². The summed E-state index contributed by atoms with van der Waals surface area (Å²) in [7, 11) is 1.06. The maximum absolute atomic E-state index is 13.3. The van der Waals surface area contributed by atoms with Crippen LogP contribution in [0.4, 0.5) is 17.6 Å². The Morgan fingerprint density at radius 2 is 1.14 bits per heavy atom. The van der Waals surface area contributed by atoms with Gasteiger partial charge in [-0.25, -0.2) is 22.4 Å². The van der Waals surface area contributed by atoms with Gasteiger partial charge in [0.1, 0.15) is 28.8 Å². The molecule has 0 atom stereocenters. The summed E-state index contributed by atoms with van der Waals surface area (Å²) in [5, 5.41) is 12.0. The van der Waals surface area contributed by atoms with Crippen LogP contribution in [-0.4, -0.2) is 29.9 Å². The molecule has 11 heteroatoms. The van der Waals surface area contributed by atoms with E-state index in [2.05, 4.69) is 4.74 Å². The zero-order valence-corrected chi connectivity index (χ0v) is 20.9. The standard InChI is InChI=1S/C12H8F2OS.C8H6F2O2.C6H6O2S/c13-9-4-1-5-10(14)12(9)11(15)7-8-3-2-6-16-8;1-12-8(11)7-5(9)3-2-4-6(7)10;7-6(8)4-5-2-1-3-9-5/h1-6H,7H2;2-4H,1H3;1-3H,4H2,(H,7,8). The summed E-state index contributed by atoms with van der Waals surface area (Å²) >= 11 is 2.86. The second-order valence-electron chi connectivity index (χ2n) is 7.01. The zero-order chi connectivity index (χ0) is 27.4. The van der Waals surface area contributed by atoms with Crippen molar-refractivity contribution in [3.63, 3.8) is 0 Å². The van der Waals surface area contributed by atoms with Crippen molar-refractivity contribution in [1.29, 1.82) is 0 Å². The van der Waals surface area contributed by atoms with Crippen molar-refractivity contribution in [2.24, 2.45) is 0 Å². The highest BCUT2D eigenvalue weighted by molar-refractivity contribution is 7.10. The Bertz CT molecular complexity index is 1280. The van der Waals surface area contributed by atoms with Gasteiger partial charge in [-0.1, -0.05) is 24.3 Å². The molecule has 2 aromatic heterocycles. The predicted molar refractivity (Wildman–Crippen MR) is 132 cm³/mol. The summed E-state index contributed by atoms with van der Waals surface area (Å²) in [4.78, 5) is 34.2. The van der Waals surface area contributed by atoms with Gasteiger partial charge >= 0.3 is 11.9 Å². The van der Waals surface area contributed by atoms with E-state index in [4.69, 9.17) is 5.11 Å². The average Bonchev–Trinajstić information content (AvgIpc) is 3.54. The SMILES string of the molecule is COC(=O)c1c(F)cccc1F.O=C(Cc1cccs1)c1c(F)cccc1F.O=C(O)Cc1cccs1. The summed E-state index contributed by atoms with van der Waals surface area (Å²) in [6, 6.07) is 13.8. The lowest BCUT2D eigenvalue weighted by atomic mass is 10.1. The van der Waals surface area contributed by atoms with Crippen molar-refractivity contribution < 1.29 is 41.8 Å². The van der Waals surface area contributed by atoms with Crippen molar-refractivity contribution in [2.45, 2.75) is 12.8 Å². The molecule has 5 nitrogen and oxygen atoms in total. The number of ketones is 1. The molecule has 4 aromatic rings. The third-order valence-corrected chi connectivity index (χ3v) is 6.17. The van der Waals surface area contributed by atoms with Crippen LogP contribution in [0.25, 0.3) is 0 Å². The van der Waals surface area contributed by atoms with Gasteiger partial charge in [0, 0.05) is 16.2 Å². The Hall–Kier alpha value is -3.83. The van der Waals surface area contributed by atoms with E-state index in [1.54, 1.807) is 12.1 Å². The zero-order valence-electron chi connectivity index (χ0n) is 19.3. The molecule has 0 aliphatic carbocycles. The van der Waals surface area contributed by atoms with Gasteiger partial charge in [0.05, 0.1) is 19.1 Å². The van der Waals surface area contributed by atoms with Crippen molar-refractivity contribution in [2.75, 3.05) is 7.11 Å². The molecule has 37 heavy (non-hydrogen) atoms. The van der Waals surface area contributed by atoms with Crippen LogP contribution in [0.15, 0.2) is 71.4 Å². The van der Waals surface area contributed by atoms with E-state index in [0.29, 0.717) is 0 Å². The lowest BCUT2D eigenvalue weighted by Gasteiger charge is -2.02. The van der Waals surface area contributed by atoms with Gasteiger partial charge in [-0.2, -0.15) is 0 Å². The molecule has 0 saturated carbocycles. The largest absolute Gasteiger partial charge is 0.481 e. The summed E-state index contributed by atoms with van der Waals surface area (Å²) in [6.07, 6.45) is 0.188. The number of carboxylic acid groups (broad SMARTS) is 1. The Morgan fingerprint density at radius 1 is 0.703 bits per heavy atom. The number of halogens is 4. The maximum Gasteiger partial charge on any atom is 0.343 e. The fraction of sp³-hybridized carbons (Fsp3) is 0.115. The van der Waals surface area contributed by atoms with Crippen molar-refractivity contribution >= 4 is 40.4 Å². The van der Waals surface area contributed by atoms with Crippen LogP contribution in [0.5, 0.6) is 0 Å². The molecular formula is C26H20F4O5S2. The molecule has 0 aliphatic rings. The number of aliphatic carboxylic acids is 1. The van der Waals surface area contributed by atoms with Crippen LogP contribution in [0.2, 0.25) is 0 Å². The highest BCUT2D eigenvalue weighted by atomic mass is 32.1. The van der Waals surface area contributed by atoms with Gasteiger partial charge < -0.3 is 9.84 Å². The summed E-state index contributed by atoms with van der Waals surface area (Å²) < 4.78 is 56.2. The van der Waals surface area contributed by atoms with E-state index in [-0.39, 0.29) is 12.8 Å². The third-order valence-electron chi connectivity index (χ3n) is 4.41. The van der Waals surface area contributed by atoms with Crippen LogP contribution < -0.4 is 0 Å². The minimum atomic E-state index is -1.01. The lowest BCUT2D eigenvalue weighted by molar-refractivity contribution is -0.136. The van der Waals surface area contributed by atoms with Crippen molar-refractivity contribution in [1.82, 2.24) is 0 Å². The molecule has 2 aromatic carbocycles. The number of hydrogen-bond donors (Lipinski definition) is 1. The fourth-order valence-corrected chi connectivity index (χ4v) is 4.18. The minimum Gasteiger partial charge on any atom is -0.481 e. The summed E-state index contributed by atoms with van der Waals surface area (Å²) in [5.74, 6) is -5.74. The quantitative estimate of drug-likeness (QED) is 0.166. The van der Waals surface area contributed by atoms with E-state index in [1.807, 2.05) is 22.9 Å². The molecule has 194 valence electrons. The number of ether oxygens (including phenoxy) is 1. The normalized spacial score (nSPS) is 9.86. The first-order valence-electron chi connectivity index (χ1n) is 10.4. The molecule has 4 rings (SSSR count). The first kappa shape index (κ1) is 29.4. The highest BCUT2D eigenvalue weighted by Crippen LogP contribution is 2.17. The van der Waals surface area contributed by atoms with E-state index in [9.17, 15) is 31.9 Å². The number of hydrogen-bond acceptors (Lipinski definition) is 6. The van der Waals surface area contributed by atoms with Crippen molar-refractivity contribution in [3.8, 4) is 0 Å². The van der Waals surface area contributed by atoms with Gasteiger partial charge in [-0.3, -0.25) is 9.59 Å². The number of carboxylic acids is 1. The van der Waals surface area contributed by atoms with Crippen molar-refractivity contribution in [3.05, 3.63) is 116 Å². The predicted octanol–water partition coefficient (Wildman–Crippen LogP) is 6.58. The second kappa shape index (κ2) is 14.7. The van der Waals surface area contributed by atoms with Gasteiger partial charge in [-0.15, -0.1) is 22.7 Å². The Balaban J connectivity index is 0.000000204. The average molecular weight is 553 g/mol. The van der Waals surface area contributed by atoms with Gasteiger partial charge in [0.25, 0.3) is 0 Å². The number of methoxy groups -OCH3 is 1. The summed E-state index contributed by atoms with van der Waals surface area (Å²) in [5.41, 5.74) is -1.10. The first-order valence-corrected chi connectivity index (χ1v) is 12.2. The van der Waals surface area contributed by atoms with Crippen LogP contribution in [0, 0.1) is 23.3 Å². The Kier molecular flexibility index (Phi) is 11.7. The van der Waals surface area contributed by atoms with E-state index in [1.165, 1.54) is 34.8 Å². The second-order valence-corrected chi connectivity index (χ2v) is 9.08. The summed E-state index contributed by atoms with van der Waals surface area (Å²) in [6.45, 7) is 0.